The Labute approximate surface area is 185 Å². The molecule has 0 radical (unpaired) electrons. The molecule has 0 spiro atoms. The molecule has 0 aliphatic carbocycles. The van der Waals surface area contributed by atoms with Gasteiger partial charge < -0.3 is 20.1 Å². The average molecular weight is 447 g/mol. The summed E-state index contributed by atoms with van der Waals surface area (Å²) < 4.78 is 5.06. The van der Waals surface area contributed by atoms with Crippen LogP contribution in [0.3, 0.4) is 0 Å². The average Bonchev–Trinajstić information content (AvgIpc) is 2.70. The number of benzene rings is 2. The Balaban J connectivity index is 1.94. The van der Waals surface area contributed by atoms with Crippen molar-refractivity contribution < 1.29 is 24.9 Å². The van der Waals surface area contributed by atoms with Crippen molar-refractivity contribution in [2.75, 3.05) is 11.5 Å². The van der Waals surface area contributed by atoms with E-state index >= 15 is 0 Å². The van der Waals surface area contributed by atoms with Gasteiger partial charge in [-0.15, -0.1) is 36.7 Å². The lowest BCUT2D eigenvalue weighted by Crippen LogP contribution is -2.20. The van der Waals surface area contributed by atoms with Gasteiger partial charge in [-0.1, -0.05) is 12.2 Å². The maximum atomic E-state index is 11.1. The minimum absolute atomic E-state index is 0.221. The van der Waals surface area contributed by atoms with Crippen molar-refractivity contribution >= 4 is 29.7 Å². The lowest BCUT2D eigenvalue weighted by Gasteiger charge is -2.16. The quantitative estimate of drug-likeness (QED) is 0.213. The zero-order valence-electron chi connectivity index (χ0n) is 16.6. The minimum Gasteiger partial charge on any atom is -0.508 e. The molecule has 5 nitrogen and oxygen atoms in total. The molecule has 0 saturated carbocycles. The molecule has 2 aromatic rings. The molecule has 0 heterocycles. The molecule has 30 heavy (non-hydrogen) atoms. The smallest absolute Gasteiger partial charge is 0.506 e. The number of allylic oxidation sites excluding steroid dienone is 2. The first-order valence-corrected chi connectivity index (χ1v) is 11.4. The molecule has 2 aromatic carbocycles. The van der Waals surface area contributed by atoms with Crippen LogP contribution in [0.25, 0.3) is 0 Å². The molecule has 0 fully saturated rings. The maximum absolute atomic E-state index is 11.1. The third-order valence-corrected chi connectivity index (χ3v) is 6.40. The topological polar surface area (TPSA) is 87.0 Å². The Hall–Kier alpha value is -2.51. The van der Waals surface area contributed by atoms with E-state index in [1.807, 2.05) is 18.2 Å². The number of carbonyl (C=O) groups is 1. The summed E-state index contributed by atoms with van der Waals surface area (Å²) >= 11 is 3.07. The molecule has 2 rings (SSSR count). The molecule has 0 aliphatic heterocycles. The van der Waals surface area contributed by atoms with Crippen LogP contribution in [0.15, 0.2) is 71.5 Å². The number of ether oxygens (including phenoxy) is 1. The second-order valence-electron chi connectivity index (χ2n) is 6.52. The lowest BCUT2D eigenvalue weighted by molar-refractivity contribution is 0.0599. The third kappa shape index (κ3) is 7.72. The van der Waals surface area contributed by atoms with Gasteiger partial charge in [0.15, 0.2) is 0 Å². The molecule has 1 unspecified atom stereocenters. The minimum atomic E-state index is -1.29. The Bertz CT molecular complexity index is 882. The second-order valence-corrected chi connectivity index (χ2v) is 8.78. The molecule has 3 N–H and O–H groups in total. The summed E-state index contributed by atoms with van der Waals surface area (Å²) in [5.41, 5.74) is 1.59. The molecular weight excluding hydrogens is 420 g/mol. The van der Waals surface area contributed by atoms with Crippen molar-refractivity contribution in [2.45, 2.75) is 35.2 Å². The first kappa shape index (κ1) is 23.8. The first-order chi connectivity index (χ1) is 14.4. The monoisotopic (exact) mass is 446 g/mol. The van der Waals surface area contributed by atoms with E-state index in [2.05, 4.69) is 13.2 Å². The van der Waals surface area contributed by atoms with Crippen molar-refractivity contribution in [2.24, 2.45) is 0 Å². The maximum Gasteiger partial charge on any atom is 0.506 e. The van der Waals surface area contributed by atoms with Gasteiger partial charge in [-0.3, -0.25) is 0 Å². The summed E-state index contributed by atoms with van der Waals surface area (Å²) in [5, 5.41) is 28.8. The largest absolute Gasteiger partial charge is 0.508 e. The van der Waals surface area contributed by atoms with Crippen LogP contribution in [0.5, 0.6) is 11.5 Å². The van der Waals surface area contributed by atoms with Crippen molar-refractivity contribution in [3.63, 3.8) is 0 Å². The highest BCUT2D eigenvalue weighted by molar-refractivity contribution is 7.99. The van der Waals surface area contributed by atoms with Gasteiger partial charge in [0.2, 0.25) is 0 Å². The fourth-order valence-electron chi connectivity index (χ4n) is 2.76. The van der Waals surface area contributed by atoms with Crippen LogP contribution in [-0.2, 0) is 17.6 Å². The van der Waals surface area contributed by atoms with Crippen LogP contribution in [0.1, 0.15) is 17.5 Å². The highest BCUT2D eigenvalue weighted by atomic mass is 32.2. The van der Waals surface area contributed by atoms with Gasteiger partial charge in [-0.2, -0.15) is 0 Å². The standard InChI is InChI=1S/C23H26O5S2/c1-3-5-16-13-19(7-9-21(16)24)29-12-11-18(28-23(26)27)15-30-20-8-10-22(25)17(14-20)6-4-2/h3-4,7-10,13-14,18,24-25H,1-2,5-6,11-12,15H2,(H,26,27). The molecule has 0 saturated heterocycles. The predicted molar refractivity (Wildman–Crippen MR) is 123 cm³/mol. The number of hydrogen-bond donors (Lipinski definition) is 3. The van der Waals surface area contributed by atoms with E-state index in [1.54, 1.807) is 42.1 Å². The Morgan fingerprint density at radius 1 is 0.967 bits per heavy atom. The number of hydrogen-bond acceptors (Lipinski definition) is 6. The van der Waals surface area contributed by atoms with E-state index in [0.29, 0.717) is 30.8 Å². The summed E-state index contributed by atoms with van der Waals surface area (Å²) in [5.74, 6) is 1.61. The lowest BCUT2D eigenvalue weighted by atomic mass is 10.1. The van der Waals surface area contributed by atoms with Crippen molar-refractivity contribution in [1.29, 1.82) is 0 Å². The zero-order valence-corrected chi connectivity index (χ0v) is 18.3. The summed E-state index contributed by atoms with van der Waals surface area (Å²) in [6.45, 7) is 7.38. The molecule has 7 heteroatoms. The number of phenolic OH excluding ortho intramolecular Hbond substituents is 2. The van der Waals surface area contributed by atoms with Crippen LogP contribution >= 0.6 is 23.5 Å². The van der Waals surface area contributed by atoms with Gasteiger partial charge in [-0.05, 0) is 66.8 Å². The molecule has 0 bridgehead atoms. The van der Waals surface area contributed by atoms with E-state index in [9.17, 15) is 15.0 Å². The van der Waals surface area contributed by atoms with Crippen molar-refractivity contribution in [3.8, 4) is 11.5 Å². The number of phenols is 2. The highest BCUT2D eigenvalue weighted by Gasteiger charge is 2.15. The second kappa shape index (κ2) is 12.2. The molecular formula is C23H26O5S2. The van der Waals surface area contributed by atoms with Crippen LogP contribution < -0.4 is 0 Å². The van der Waals surface area contributed by atoms with Crippen molar-refractivity contribution in [3.05, 3.63) is 72.8 Å². The SMILES string of the molecule is C=CCc1cc(SCCC(CSc2ccc(O)c(CC=C)c2)OC(=O)O)ccc1O. The fourth-order valence-corrected chi connectivity index (χ4v) is 4.77. The van der Waals surface area contributed by atoms with Crippen LogP contribution in [-0.4, -0.2) is 39.1 Å². The van der Waals surface area contributed by atoms with E-state index in [-0.39, 0.29) is 11.5 Å². The van der Waals surface area contributed by atoms with Crippen LogP contribution in [0, 0.1) is 0 Å². The summed E-state index contributed by atoms with van der Waals surface area (Å²) in [4.78, 5) is 13.0. The summed E-state index contributed by atoms with van der Waals surface area (Å²) in [6, 6.07) is 10.7. The number of thioether (sulfide) groups is 2. The van der Waals surface area contributed by atoms with Crippen LogP contribution in [0.4, 0.5) is 4.79 Å². The van der Waals surface area contributed by atoms with Gasteiger partial charge in [0.1, 0.15) is 17.6 Å². The number of rotatable bonds is 12. The Kier molecular flexibility index (Phi) is 9.70. The normalized spacial score (nSPS) is 11.6. The van der Waals surface area contributed by atoms with E-state index < -0.39 is 12.3 Å². The number of carboxylic acid groups (broad SMARTS) is 1. The van der Waals surface area contributed by atoms with Gasteiger partial charge in [0, 0.05) is 21.3 Å². The third-order valence-electron chi connectivity index (χ3n) is 4.24. The molecule has 0 aromatic heterocycles. The van der Waals surface area contributed by atoms with Crippen LogP contribution in [0.2, 0.25) is 0 Å². The fraction of sp³-hybridized carbons (Fsp3) is 0.261. The van der Waals surface area contributed by atoms with E-state index in [0.717, 1.165) is 20.9 Å². The highest BCUT2D eigenvalue weighted by Crippen LogP contribution is 2.29. The predicted octanol–water partition coefficient (Wildman–Crippen LogP) is 5.89. The first-order valence-electron chi connectivity index (χ1n) is 9.43. The number of aromatic hydroxyl groups is 2. The molecule has 1 atom stereocenters. The van der Waals surface area contributed by atoms with Gasteiger partial charge in [0.25, 0.3) is 0 Å². The van der Waals surface area contributed by atoms with Gasteiger partial charge in [0.05, 0.1) is 0 Å². The Morgan fingerprint density at radius 2 is 1.50 bits per heavy atom. The zero-order chi connectivity index (χ0) is 21.9. The van der Waals surface area contributed by atoms with E-state index in [1.165, 1.54) is 11.8 Å². The van der Waals surface area contributed by atoms with Gasteiger partial charge in [-0.25, -0.2) is 4.79 Å². The summed E-state index contributed by atoms with van der Waals surface area (Å²) in [7, 11) is 0. The Morgan fingerprint density at radius 3 is 2.00 bits per heavy atom. The van der Waals surface area contributed by atoms with E-state index in [4.69, 9.17) is 9.84 Å². The summed E-state index contributed by atoms with van der Waals surface area (Å²) in [6.07, 6.45) is 3.42. The molecule has 160 valence electrons. The molecule has 0 amide bonds. The van der Waals surface area contributed by atoms with Gasteiger partial charge >= 0.3 is 6.16 Å². The molecule has 0 aliphatic rings. The van der Waals surface area contributed by atoms with Crippen molar-refractivity contribution in [1.82, 2.24) is 0 Å².